The average molecular weight is 406 g/mol. The Bertz CT molecular complexity index is 774. The highest BCUT2D eigenvalue weighted by molar-refractivity contribution is 7.08. The largest absolute Gasteiger partial charge is 0.370 e. The Labute approximate surface area is 168 Å². The van der Waals surface area contributed by atoms with Crippen LogP contribution in [0, 0.1) is 0 Å². The molecular weight excluding hydrogens is 382 g/mol. The van der Waals surface area contributed by atoms with Crippen molar-refractivity contribution in [2.75, 3.05) is 29.9 Å². The highest BCUT2D eigenvalue weighted by Crippen LogP contribution is 2.31. The number of piperidine rings is 1. The summed E-state index contributed by atoms with van der Waals surface area (Å²) in [6.07, 6.45) is 4.51. The number of carbonyl (C=O) groups excluding carboxylic acids is 2. The van der Waals surface area contributed by atoms with Crippen molar-refractivity contribution in [2.24, 2.45) is 0 Å². The van der Waals surface area contributed by atoms with E-state index in [-0.39, 0.29) is 11.8 Å². The third-order valence-electron chi connectivity index (χ3n) is 4.58. The van der Waals surface area contributed by atoms with E-state index in [0.717, 1.165) is 24.5 Å². The molecule has 0 spiro atoms. The second-order valence-electron chi connectivity index (χ2n) is 6.63. The fourth-order valence-corrected chi connectivity index (χ4v) is 3.99. The fraction of sp³-hybridized carbons (Fsp3) is 0.400. The molecule has 0 unspecified atom stereocenters. The number of anilines is 2. The molecule has 7 heteroatoms. The van der Waals surface area contributed by atoms with Gasteiger partial charge in [0.2, 0.25) is 5.91 Å². The maximum atomic E-state index is 12.3. The van der Waals surface area contributed by atoms with Crippen molar-refractivity contribution in [1.29, 1.82) is 0 Å². The van der Waals surface area contributed by atoms with Crippen molar-refractivity contribution >= 4 is 46.1 Å². The molecule has 5 nitrogen and oxygen atoms in total. The quantitative estimate of drug-likeness (QED) is 0.665. The molecule has 1 aromatic carbocycles. The molecule has 2 heterocycles. The van der Waals surface area contributed by atoms with Crippen LogP contribution in [0.5, 0.6) is 0 Å². The summed E-state index contributed by atoms with van der Waals surface area (Å²) in [6, 6.07) is 7.43. The predicted octanol–water partition coefficient (Wildman–Crippen LogP) is 4.54. The number of halogens is 1. The Morgan fingerprint density at radius 1 is 1.15 bits per heavy atom. The van der Waals surface area contributed by atoms with E-state index in [1.54, 1.807) is 6.07 Å². The highest BCUT2D eigenvalue weighted by Gasteiger charge is 2.16. The van der Waals surface area contributed by atoms with Gasteiger partial charge in [-0.25, -0.2) is 0 Å². The standard InChI is InChI=1S/C20H24ClN3O2S/c21-16-6-7-18(24-10-2-1-3-11-24)17(13-16)23-19(25)5-4-9-22-20(26)15-8-12-27-14-15/h6-8,12-14H,1-5,9-11H2,(H,22,26)(H,23,25). The van der Waals surface area contributed by atoms with E-state index in [1.165, 1.54) is 30.6 Å². The van der Waals surface area contributed by atoms with Crippen molar-refractivity contribution in [2.45, 2.75) is 32.1 Å². The molecule has 0 bridgehead atoms. The van der Waals surface area contributed by atoms with E-state index >= 15 is 0 Å². The van der Waals surface area contributed by atoms with Gasteiger partial charge in [-0.3, -0.25) is 9.59 Å². The molecule has 2 N–H and O–H groups in total. The normalized spacial score (nSPS) is 14.0. The summed E-state index contributed by atoms with van der Waals surface area (Å²) >= 11 is 7.62. The van der Waals surface area contributed by atoms with E-state index in [2.05, 4.69) is 15.5 Å². The van der Waals surface area contributed by atoms with Crippen molar-refractivity contribution in [3.05, 3.63) is 45.6 Å². The van der Waals surface area contributed by atoms with Gasteiger partial charge in [-0.05, 0) is 55.3 Å². The van der Waals surface area contributed by atoms with Crippen LogP contribution >= 0.6 is 22.9 Å². The Morgan fingerprint density at radius 2 is 1.96 bits per heavy atom. The van der Waals surface area contributed by atoms with Gasteiger partial charge in [-0.2, -0.15) is 11.3 Å². The van der Waals surface area contributed by atoms with Gasteiger partial charge in [0.15, 0.2) is 0 Å². The van der Waals surface area contributed by atoms with Gasteiger partial charge < -0.3 is 15.5 Å². The molecule has 0 aliphatic carbocycles. The number of benzene rings is 1. The summed E-state index contributed by atoms with van der Waals surface area (Å²) in [5.74, 6) is -0.167. The Hall–Kier alpha value is -2.05. The van der Waals surface area contributed by atoms with Crippen molar-refractivity contribution in [1.82, 2.24) is 5.32 Å². The second-order valence-corrected chi connectivity index (χ2v) is 7.85. The van der Waals surface area contributed by atoms with Crippen LogP contribution in [0.2, 0.25) is 5.02 Å². The molecule has 0 radical (unpaired) electrons. The maximum Gasteiger partial charge on any atom is 0.252 e. The zero-order valence-electron chi connectivity index (χ0n) is 15.2. The van der Waals surface area contributed by atoms with Crippen molar-refractivity contribution < 1.29 is 9.59 Å². The van der Waals surface area contributed by atoms with Gasteiger partial charge in [0.1, 0.15) is 0 Å². The predicted molar refractivity (Wildman–Crippen MR) is 112 cm³/mol. The first kappa shape index (κ1) is 19.7. The molecule has 3 rings (SSSR count). The van der Waals surface area contributed by atoms with Crippen LogP contribution in [0.4, 0.5) is 11.4 Å². The molecule has 2 amide bonds. The van der Waals surface area contributed by atoms with Crippen LogP contribution in [0.1, 0.15) is 42.5 Å². The highest BCUT2D eigenvalue weighted by atomic mass is 35.5. The number of hydrogen-bond acceptors (Lipinski definition) is 4. The van der Waals surface area contributed by atoms with Gasteiger partial charge in [0, 0.05) is 42.0 Å². The fourth-order valence-electron chi connectivity index (χ4n) is 3.18. The number of carbonyl (C=O) groups is 2. The van der Waals surface area contributed by atoms with Crippen LogP contribution in [0.25, 0.3) is 0 Å². The lowest BCUT2D eigenvalue weighted by Gasteiger charge is -2.30. The molecule has 1 aliphatic heterocycles. The van der Waals surface area contributed by atoms with Crippen LogP contribution in [-0.2, 0) is 4.79 Å². The first-order valence-electron chi connectivity index (χ1n) is 9.28. The Morgan fingerprint density at radius 3 is 2.70 bits per heavy atom. The number of thiophene rings is 1. The third-order valence-corrected chi connectivity index (χ3v) is 5.50. The lowest BCUT2D eigenvalue weighted by molar-refractivity contribution is -0.116. The molecule has 1 aromatic heterocycles. The molecule has 27 heavy (non-hydrogen) atoms. The lowest BCUT2D eigenvalue weighted by Crippen LogP contribution is -2.30. The SMILES string of the molecule is O=C(CCCNC(=O)c1ccsc1)Nc1cc(Cl)ccc1N1CCCCC1. The number of amides is 2. The minimum Gasteiger partial charge on any atom is -0.370 e. The summed E-state index contributed by atoms with van der Waals surface area (Å²) in [6.45, 7) is 2.47. The molecular formula is C20H24ClN3O2S. The summed E-state index contributed by atoms with van der Waals surface area (Å²) < 4.78 is 0. The molecule has 2 aromatic rings. The molecule has 144 valence electrons. The zero-order valence-corrected chi connectivity index (χ0v) is 16.7. The maximum absolute atomic E-state index is 12.3. The van der Waals surface area contributed by atoms with Crippen molar-refractivity contribution in [3.8, 4) is 0 Å². The lowest BCUT2D eigenvalue weighted by atomic mass is 10.1. The van der Waals surface area contributed by atoms with E-state index in [9.17, 15) is 9.59 Å². The van der Waals surface area contributed by atoms with Crippen LogP contribution < -0.4 is 15.5 Å². The van der Waals surface area contributed by atoms with Gasteiger partial charge >= 0.3 is 0 Å². The molecule has 1 saturated heterocycles. The zero-order chi connectivity index (χ0) is 19.1. The average Bonchev–Trinajstić information content (AvgIpc) is 3.21. The summed E-state index contributed by atoms with van der Waals surface area (Å²) in [5.41, 5.74) is 2.45. The Balaban J connectivity index is 1.50. The summed E-state index contributed by atoms with van der Waals surface area (Å²) in [7, 11) is 0. The molecule has 0 saturated carbocycles. The van der Waals surface area contributed by atoms with Crippen LogP contribution in [0.15, 0.2) is 35.0 Å². The second kappa shape index (κ2) is 9.76. The summed E-state index contributed by atoms with van der Waals surface area (Å²) in [4.78, 5) is 26.5. The van der Waals surface area contributed by atoms with E-state index < -0.39 is 0 Å². The first-order chi connectivity index (χ1) is 13.1. The molecule has 1 fully saturated rings. The Kier molecular flexibility index (Phi) is 7.12. The topological polar surface area (TPSA) is 61.4 Å². The number of nitrogens with zero attached hydrogens (tertiary/aromatic N) is 1. The number of rotatable bonds is 7. The van der Waals surface area contributed by atoms with E-state index in [1.807, 2.05) is 29.0 Å². The van der Waals surface area contributed by atoms with Gasteiger partial charge in [0.05, 0.1) is 11.4 Å². The minimum absolute atomic E-state index is 0.0692. The van der Waals surface area contributed by atoms with Crippen LogP contribution in [0.3, 0.4) is 0 Å². The monoisotopic (exact) mass is 405 g/mol. The first-order valence-corrected chi connectivity index (χ1v) is 10.6. The van der Waals surface area contributed by atoms with Crippen molar-refractivity contribution in [3.63, 3.8) is 0 Å². The third kappa shape index (κ3) is 5.71. The minimum atomic E-state index is -0.0983. The van der Waals surface area contributed by atoms with Gasteiger partial charge in [-0.1, -0.05) is 11.6 Å². The van der Waals surface area contributed by atoms with E-state index in [0.29, 0.717) is 30.0 Å². The smallest absolute Gasteiger partial charge is 0.252 e. The number of hydrogen-bond donors (Lipinski definition) is 2. The molecule has 0 atom stereocenters. The van der Waals surface area contributed by atoms with Gasteiger partial charge in [-0.15, -0.1) is 0 Å². The molecule has 1 aliphatic rings. The van der Waals surface area contributed by atoms with E-state index in [4.69, 9.17) is 11.6 Å². The number of nitrogens with one attached hydrogen (secondary N) is 2. The summed E-state index contributed by atoms with van der Waals surface area (Å²) in [5, 5.41) is 10.1. The van der Waals surface area contributed by atoms with Gasteiger partial charge in [0.25, 0.3) is 5.91 Å². The van der Waals surface area contributed by atoms with Crippen LogP contribution in [-0.4, -0.2) is 31.4 Å².